The SMILES string of the molecule is Nc1c(C(=O)N2CCc3ccccc32)sc2nc(-c3ccccc3)ccc12. The predicted octanol–water partition coefficient (Wildman–Crippen LogP) is 4.75. The highest BCUT2D eigenvalue weighted by atomic mass is 32.1. The summed E-state index contributed by atoms with van der Waals surface area (Å²) in [7, 11) is 0. The van der Waals surface area contributed by atoms with Gasteiger partial charge in [0.25, 0.3) is 5.91 Å². The van der Waals surface area contributed by atoms with E-state index >= 15 is 0 Å². The topological polar surface area (TPSA) is 59.2 Å². The van der Waals surface area contributed by atoms with E-state index in [-0.39, 0.29) is 5.91 Å². The molecule has 0 spiro atoms. The number of nitrogens with two attached hydrogens (primary N) is 1. The molecule has 4 aromatic rings. The first-order valence-electron chi connectivity index (χ1n) is 8.86. The molecule has 27 heavy (non-hydrogen) atoms. The molecule has 2 aromatic heterocycles. The molecule has 5 rings (SSSR count). The van der Waals surface area contributed by atoms with Gasteiger partial charge in [0.05, 0.1) is 11.4 Å². The summed E-state index contributed by atoms with van der Waals surface area (Å²) in [6.45, 7) is 0.689. The number of nitrogen functional groups attached to an aromatic ring is 1. The van der Waals surface area contributed by atoms with E-state index in [0.29, 0.717) is 17.1 Å². The largest absolute Gasteiger partial charge is 0.397 e. The lowest BCUT2D eigenvalue weighted by Crippen LogP contribution is -2.28. The first-order valence-corrected chi connectivity index (χ1v) is 9.68. The van der Waals surface area contributed by atoms with E-state index in [9.17, 15) is 4.79 Å². The van der Waals surface area contributed by atoms with Gasteiger partial charge in [-0.2, -0.15) is 0 Å². The number of aromatic nitrogens is 1. The predicted molar refractivity (Wildman–Crippen MR) is 111 cm³/mol. The number of pyridine rings is 1. The smallest absolute Gasteiger partial charge is 0.270 e. The molecule has 132 valence electrons. The lowest BCUT2D eigenvalue weighted by molar-refractivity contribution is 0.0994. The van der Waals surface area contributed by atoms with Gasteiger partial charge in [-0.3, -0.25) is 4.79 Å². The summed E-state index contributed by atoms with van der Waals surface area (Å²) in [5.74, 6) is -0.0401. The zero-order valence-corrected chi connectivity index (χ0v) is 15.4. The standard InChI is InChI=1S/C22H17N3OS/c23-19-16-10-11-17(14-6-2-1-3-7-14)24-21(16)27-20(19)22(26)25-13-12-15-8-4-5-9-18(15)25/h1-11H,12-13,23H2. The molecule has 0 radical (unpaired) electrons. The minimum absolute atomic E-state index is 0.0401. The van der Waals surface area contributed by atoms with Crippen molar-refractivity contribution in [2.45, 2.75) is 6.42 Å². The summed E-state index contributed by atoms with van der Waals surface area (Å²) < 4.78 is 0. The number of benzene rings is 2. The molecule has 1 aliphatic rings. The van der Waals surface area contributed by atoms with Gasteiger partial charge >= 0.3 is 0 Å². The fourth-order valence-electron chi connectivity index (χ4n) is 3.60. The van der Waals surface area contributed by atoms with Crippen molar-refractivity contribution < 1.29 is 4.79 Å². The second kappa shape index (κ2) is 6.21. The van der Waals surface area contributed by atoms with Gasteiger partial charge in [0.15, 0.2) is 0 Å². The summed E-state index contributed by atoms with van der Waals surface area (Å²) in [5, 5.41) is 0.843. The van der Waals surface area contributed by atoms with Gasteiger partial charge in [-0.05, 0) is 30.2 Å². The molecule has 0 saturated heterocycles. The molecule has 2 N–H and O–H groups in total. The molecule has 2 aromatic carbocycles. The van der Waals surface area contributed by atoms with Gasteiger partial charge in [0.1, 0.15) is 9.71 Å². The summed E-state index contributed by atoms with van der Waals surface area (Å²) >= 11 is 1.38. The molecule has 5 heteroatoms. The zero-order valence-electron chi connectivity index (χ0n) is 14.6. The van der Waals surface area contributed by atoms with Crippen LogP contribution in [0.1, 0.15) is 15.2 Å². The highest BCUT2D eigenvalue weighted by molar-refractivity contribution is 7.21. The van der Waals surface area contributed by atoms with Crippen LogP contribution in [-0.2, 0) is 6.42 Å². The number of nitrogens with zero attached hydrogens (tertiary/aromatic N) is 2. The van der Waals surface area contributed by atoms with Crippen LogP contribution in [0.3, 0.4) is 0 Å². The number of fused-ring (bicyclic) bond motifs is 2. The van der Waals surface area contributed by atoms with Gasteiger partial charge in [0.2, 0.25) is 0 Å². The Hall–Kier alpha value is -3.18. The van der Waals surface area contributed by atoms with E-state index in [1.54, 1.807) is 0 Å². The van der Waals surface area contributed by atoms with E-state index in [2.05, 4.69) is 6.07 Å². The number of hydrogen-bond donors (Lipinski definition) is 1. The van der Waals surface area contributed by atoms with Crippen LogP contribution in [0.2, 0.25) is 0 Å². The molecule has 1 amide bonds. The molecule has 3 heterocycles. The summed E-state index contributed by atoms with van der Waals surface area (Å²) in [4.78, 5) is 21.1. The third-order valence-electron chi connectivity index (χ3n) is 4.99. The Morgan fingerprint density at radius 3 is 2.63 bits per heavy atom. The molecule has 0 fully saturated rings. The Morgan fingerprint density at radius 2 is 1.78 bits per heavy atom. The highest BCUT2D eigenvalue weighted by Gasteiger charge is 2.28. The molecule has 0 aliphatic carbocycles. The maximum absolute atomic E-state index is 13.2. The highest BCUT2D eigenvalue weighted by Crippen LogP contribution is 2.37. The number of rotatable bonds is 2. The van der Waals surface area contributed by atoms with Crippen LogP contribution in [0.25, 0.3) is 21.5 Å². The number of thiophene rings is 1. The molecule has 0 atom stereocenters. The van der Waals surface area contributed by atoms with Crippen molar-refractivity contribution in [2.75, 3.05) is 17.2 Å². The van der Waals surface area contributed by atoms with Crippen LogP contribution < -0.4 is 10.6 Å². The maximum atomic E-state index is 13.2. The lowest BCUT2D eigenvalue weighted by atomic mass is 10.1. The average molecular weight is 371 g/mol. The number of anilines is 2. The van der Waals surface area contributed by atoms with Crippen molar-refractivity contribution >= 4 is 38.8 Å². The van der Waals surface area contributed by atoms with Gasteiger partial charge in [-0.25, -0.2) is 4.98 Å². The van der Waals surface area contributed by atoms with E-state index in [0.717, 1.165) is 33.6 Å². The van der Waals surface area contributed by atoms with Crippen molar-refractivity contribution in [2.24, 2.45) is 0 Å². The van der Waals surface area contributed by atoms with Gasteiger partial charge in [0, 0.05) is 23.2 Å². The average Bonchev–Trinajstić information content (AvgIpc) is 3.29. The lowest BCUT2D eigenvalue weighted by Gasteiger charge is -2.16. The molecule has 1 aliphatic heterocycles. The van der Waals surface area contributed by atoms with Crippen molar-refractivity contribution in [3.05, 3.63) is 77.2 Å². The van der Waals surface area contributed by atoms with E-state index in [1.807, 2.05) is 65.6 Å². The van der Waals surface area contributed by atoms with Crippen LogP contribution in [0, 0.1) is 0 Å². The Morgan fingerprint density at radius 1 is 1.00 bits per heavy atom. The van der Waals surface area contributed by atoms with Crippen molar-refractivity contribution in [1.29, 1.82) is 0 Å². The molecule has 4 nitrogen and oxygen atoms in total. The Balaban J connectivity index is 1.56. The molecular formula is C22H17N3OS. The first kappa shape index (κ1) is 16.0. The third-order valence-corrected chi connectivity index (χ3v) is 6.09. The normalized spacial score (nSPS) is 13.1. The van der Waals surface area contributed by atoms with Gasteiger partial charge in [-0.15, -0.1) is 11.3 Å². The van der Waals surface area contributed by atoms with E-state index < -0.39 is 0 Å². The minimum Gasteiger partial charge on any atom is -0.397 e. The van der Waals surface area contributed by atoms with Gasteiger partial charge < -0.3 is 10.6 Å². The Labute approximate surface area is 160 Å². The van der Waals surface area contributed by atoms with E-state index in [4.69, 9.17) is 10.7 Å². The second-order valence-electron chi connectivity index (χ2n) is 6.60. The molecule has 0 unspecified atom stereocenters. The van der Waals surface area contributed by atoms with Crippen LogP contribution in [0.4, 0.5) is 11.4 Å². The van der Waals surface area contributed by atoms with Crippen LogP contribution >= 0.6 is 11.3 Å². The van der Waals surface area contributed by atoms with Crippen LogP contribution in [0.5, 0.6) is 0 Å². The van der Waals surface area contributed by atoms with Crippen LogP contribution in [0.15, 0.2) is 66.7 Å². The molecule has 0 bridgehead atoms. The van der Waals surface area contributed by atoms with Crippen molar-refractivity contribution in [3.63, 3.8) is 0 Å². The number of para-hydroxylation sites is 1. The van der Waals surface area contributed by atoms with Gasteiger partial charge in [-0.1, -0.05) is 48.5 Å². The number of hydrogen-bond acceptors (Lipinski definition) is 4. The van der Waals surface area contributed by atoms with Crippen molar-refractivity contribution in [1.82, 2.24) is 4.98 Å². The Kier molecular flexibility index (Phi) is 3.69. The maximum Gasteiger partial charge on any atom is 0.270 e. The fraction of sp³-hybridized carbons (Fsp3) is 0.0909. The zero-order chi connectivity index (χ0) is 18.4. The summed E-state index contributed by atoms with van der Waals surface area (Å²) in [6.07, 6.45) is 0.878. The monoisotopic (exact) mass is 371 g/mol. The summed E-state index contributed by atoms with van der Waals surface area (Å²) in [6, 6.07) is 22.0. The molecular weight excluding hydrogens is 354 g/mol. The first-order chi connectivity index (χ1) is 13.2. The third kappa shape index (κ3) is 2.59. The van der Waals surface area contributed by atoms with E-state index in [1.165, 1.54) is 16.9 Å². The number of amides is 1. The summed E-state index contributed by atoms with van der Waals surface area (Å²) in [5.41, 5.74) is 11.0. The minimum atomic E-state index is -0.0401. The fourth-order valence-corrected chi connectivity index (χ4v) is 4.64. The quantitative estimate of drug-likeness (QED) is 0.553. The number of carbonyl (C=O) groups excluding carboxylic acids is 1. The molecule has 0 saturated carbocycles. The van der Waals surface area contributed by atoms with Crippen molar-refractivity contribution in [3.8, 4) is 11.3 Å². The van der Waals surface area contributed by atoms with Crippen LogP contribution in [-0.4, -0.2) is 17.4 Å². The Bertz CT molecular complexity index is 1170. The second-order valence-corrected chi connectivity index (χ2v) is 7.59. The number of carbonyl (C=O) groups is 1.